The van der Waals surface area contributed by atoms with Gasteiger partial charge in [-0.2, -0.15) is 0 Å². The smallest absolute Gasteiger partial charge is 0.264 e. The van der Waals surface area contributed by atoms with Crippen LogP contribution in [0.5, 0.6) is 0 Å². The Hall–Kier alpha value is -3.65. The minimum Gasteiger partial charge on any atom is -0.357 e. The highest BCUT2D eigenvalue weighted by molar-refractivity contribution is 7.92. The lowest BCUT2D eigenvalue weighted by Crippen LogP contribution is -2.50. The van der Waals surface area contributed by atoms with E-state index in [1.54, 1.807) is 43.3 Å². The molecule has 0 bridgehead atoms. The number of benzene rings is 3. The van der Waals surface area contributed by atoms with Gasteiger partial charge in [0.05, 0.1) is 10.6 Å². The molecule has 1 N–H and O–H groups in total. The molecule has 3 aromatic carbocycles. The zero-order chi connectivity index (χ0) is 27.3. The fourth-order valence-electron chi connectivity index (χ4n) is 4.26. The number of nitrogens with zero attached hydrogens (tertiary/aromatic N) is 2. The summed E-state index contributed by atoms with van der Waals surface area (Å²) in [4.78, 5) is 27.9. The van der Waals surface area contributed by atoms with Gasteiger partial charge < -0.3 is 10.2 Å². The van der Waals surface area contributed by atoms with E-state index >= 15 is 0 Å². The number of anilines is 1. The monoisotopic (exact) mass is 521 g/mol. The maximum Gasteiger partial charge on any atom is 0.264 e. The minimum absolute atomic E-state index is 0.0923. The molecule has 0 aliphatic rings. The first-order valence-corrected chi connectivity index (χ1v) is 13.6. The maximum absolute atomic E-state index is 13.9. The standard InChI is InChI=1S/C29H35N3O4S/c1-20-10-12-27(13-11-20)37(35,36)32(26-16-22(3)14-23(4)17-26)19-28(33)31(24(5)29(34)30-6)18-25-9-7-8-21(2)15-25/h7-17,24H,18-19H2,1-6H3,(H,30,34)/t24-/m1/s1. The maximum atomic E-state index is 13.9. The van der Waals surface area contributed by atoms with Crippen LogP contribution in [0.4, 0.5) is 5.69 Å². The molecular formula is C29H35N3O4S. The van der Waals surface area contributed by atoms with Crippen LogP contribution in [0.3, 0.4) is 0 Å². The van der Waals surface area contributed by atoms with E-state index in [9.17, 15) is 18.0 Å². The number of amides is 2. The van der Waals surface area contributed by atoms with Gasteiger partial charge >= 0.3 is 0 Å². The van der Waals surface area contributed by atoms with Crippen LogP contribution < -0.4 is 9.62 Å². The van der Waals surface area contributed by atoms with Crippen LogP contribution in [0.25, 0.3) is 0 Å². The number of hydrogen-bond donors (Lipinski definition) is 1. The molecule has 0 unspecified atom stereocenters. The van der Waals surface area contributed by atoms with Crippen LogP contribution in [-0.4, -0.2) is 44.8 Å². The summed E-state index contributed by atoms with van der Waals surface area (Å²) in [5, 5.41) is 2.59. The zero-order valence-electron chi connectivity index (χ0n) is 22.3. The van der Waals surface area contributed by atoms with Crippen molar-refractivity contribution in [1.29, 1.82) is 0 Å². The molecular weight excluding hydrogens is 486 g/mol. The highest BCUT2D eigenvalue weighted by Gasteiger charge is 2.32. The SMILES string of the molecule is CNC(=O)[C@@H](C)N(Cc1cccc(C)c1)C(=O)CN(c1cc(C)cc(C)c1)S(=O)(=O)c1ccc(C)cc1. The molecule has 1 atom stereocenters. The van der Waals surface area contributed by atoms with E-state index in [0.717, 1.165) is 32.1 Å². The second kappa shape index (κ2) is 11.6. The number of hydrogen-bond acceptors (Lipinski definition) is 4. The lowest BCUT2D eigenvalue weighted by Gasteiger charge is -2.32. The topological polar surface area (TPSA) is 86.8 Å². The van der Waals surface area contributed by atoms with E-state index in [0.29, 0.717) is 5.69 Å². The van der Waals surface area contributed by atoms with Gasteiger partial charge in [0.25, 0.3) is 10.0 Å². The first kappa shape index (κ1) is 27.9. The van der Waals surface area contributed by atoms with Crippen molar-refractivity contribution in [3.05, 3.63) is 94.5 Å². The molecule has 37 heavy (non-hydrogen) atoms. The van der Waals surface area contributed by atoms with E-state index in [1.165, 1.54) is 11.9 Å². The quantitative estimate of drug-likeness (QED) is 0.455. The average molecular weight is 522 g/mol. The van der Waals surface area contributed by atoms with Crippen LogP contribution >= 0.6 is 0 Å². The predicted molar refractivity (Wildman–Crippen MR) is 147 cm³/mol. The fourth-order valence-corrected chi connectivity index (χ4v) is 5.66. The van der Waals surface area contributed by atoms with E-state index in [1.807, 2.05) is 58.0 Å². The number of carbonyl (C=O) groups is 2. The molecule has 8 heteroatoms. The Balaban J connectivity index is 2.07. The second-order valence-electron chi connectivity index (χ2n) is 9.47. The Bertz CT molecular complexity index is 1360. The van der Waals surface area contributed by atoms with Gasteiger partial charge in [0.2, 0.25) is 11.8 Å². The number of sulfonamides is 1. The lowest BCUT2D eigenvalue weighted by molar-refractivity contribution is -0.139. The molecule has 0 spiro atoms. The number of carbonyl (C=O) groups excluding carboxylic acids is 2. The van der Waals surface area contributed by atoms with Crippen molar-refractivity contribution in [2.45, 2.75) is 52.1 Å². The third-order valence-corrected chi connectivity index (χ3v) is 8.02. The Morgan fingerprint density at radius 3 is 2.03 bits per heavy atom. The Kier molecular flexibility index (Phi) is 8.76. The van der Waals surface area contributed by atoms with Crippen LogP contribution in [-0.2, 0) is 26.2 Å². The van der Waals surface area contributed by atoms with Crippen LogP contribution in [0.2, 0.25) is 0 Å². The van der Waals surface area contributed by atoms with Crippen molar-refractivity contribution >= 4 is 27.5 Å². The molecule has 0 saturated heterocycles. The summed E-state index contributed by atoms with van der Waals surface area (Å²) >= 11 is 0. The lowest BCUT2D eigenvalue weighted by atomic mass is 10.1. The molecule has 0 fully saturated rings. The van der Waals surface area contributed by atoms with Crippen molar-refractivity contribution in [3.63, 3.8) is 0 Å². The van der Waals surface area contributed by atoms with E-state index < -0.39 is 28.5 Å². The first-order valence-electron chi connectivity index (χ1n) is 12.2. The minimum atomic E-state index is -4.08. The second-order valence-corrected chi connectivity index (χ2v) is 11.3. The van der Waals surface area contributed by atoms with Crippen LogP contribution in [0.1, 0.15) is 34.7 Å². The van der Waals surface area contributed by atoms with Gasteiger partial charge in [0, 0.05) is 13.6 Å². The summed E-state index contributed by atoms with van der Waals surface area (Å²) in [5.74, 6) is -0.812. The molecule has 7 nitrogen and oxygen atoms in total. The summed E-state index contributed by atoms with van der Waals surface area (Å²) in [6.07, 6.45) is 0. The van der Waals surface area contributed by atoms with Crippen molar-refractivity contribution in [2.75, 3.05) is 17.9 Å². The van der Waals surface area contributed by atoms with Gasteiger partial charge in [0.1, 0.15) is 12.6 Å². The van der Waals surface area contributed by atoms with Gasteiger partial charge in [-0.15, -0.1) is 0 Å². The number of nitrogens with one attached hydrogen (secondary N) is 1. The van der Waals surface area contributed by atoms with Crippen molar-refractivity contribution < 1.29 is 18.0 Å². The Morgan fingerprint density at radius 1 is 0.838 bits per heavy atom. The Labute approximate surface area is 220 Å². The first-order chi connectivity index (χ1) is 17.4. The summed E-state index contributed by atoms with van der Waals surface area (Å²) < 4.78 is 28.9. The van der Waals surface area contributed by atoms with Crippen LogP contribution in [0.15, 0.2) is 71.6 Å². The summed E-state index contributed by atoms with van der Waals surface area (Å²) in [6.45, 7) is 8.95. The van der Waals surface area contributed by atoms with Gasteiger partial charge in [0.15, 0.2) is 0 Å². The molecule has 0 aliphatic carbocycles. The van der Waals surface area contributed by atoms with Crippen molar-refractivity contribution in [3.8, 4) is 0 Å². The van der Waals surface area contributed by atoms with Crippen molar-refractivity contribution in [2.24, 2.45) is 0 Å². The summed E-state index contributed by atoms with van der Waals surface area (Å²) in [6, 6.07) is 18.9. The van der Waals surface area contributed by atoms with E-state index in [4.69, 9.17) is 0 Å². The normalized spacial score (nSPS) is 12.1. The highest BCUT2D eigenvalue weighted by atomic mass is 32.2. The molecule has 0 aromatic heterocycles. The van der Waals surface area contributed by atoms with Gasteiger partial charge in [-0.1, -0.05) is 53.6 Å². The van der Waals surface area contributed by atoms with Gasteiger partial charge in [-0.3, -0.25) is 13.9 Å². The molecule has 2 amide bonds. The van der Waals surface area contributed by atoms with E-state index in [-0.39, 0.29) is 17.3 Å². The zero-order valence-corrected chi connectivity index (χ0v) is 23.1. The molecule has 0 saturated carbocycles. The summed E-state index contributed by atoms with van der Waals surface area (Å²) in [5.41, 5.74) is 4.95. The molecule has 196 valence electrons. The van der Waals surface area contributed by atoms with Crippen molar-refractivity contribution in [1.82, 2.24) is 10.2 Å². The molecule has 0 radical (unpaired) electrons. The third kappa shape index (κ3) is 6.77. The summed E-state index contributed by atoms with van der Waals surface area (Å²) in [7, 11) is -2.57. The number of rotatable bonds is 9. The molecule has 0 aliphatic heterocycles. The Morgan fingerprint density at radius 2 is 1.46 bits per heavy atom. The molecule has 3 rings (SSSR count). The molecule has 3 aromatic rings. The van der Waals surface area contributed by atoms with Gasteiger partial charge in [-0.05, 0) is 75.6 Å². The third-order valence-electron chi connectivity index (χ3n) is 6.23. The average Bonchev–Trinajstić information content (AvgIpc) is 2.84. The highest BCUT2D eigenvalue weighted by Crippen LogP contribution is 2.27. The van der Waals surface area contributed by atoms with Crippen LogP contribution in [0, 0.1) is 27.7 Å². The van der Waals surface area contributed by atoms with E-state index in [2.05, 4.69) is 5.32 Å². The predicted octanol–water partition coefficient (Wildman–Crippen LogP) is 4.28. The number of likely N-dealkylation sites (N-methyl/N-ethyl adjacent to an activating group) is 1. The molecule has 0 heterocycles. The van der Waals surface area contributed by atoms with Gasteiger partial charge in [-0.25, -0.2) is 8.42 Å². The fraction of sp³-hybridized carbons (Fsp3) is 0.310. The largest absolute Gasteiger partial charge is 0.357 e. The number of aryl methyl sites for hydroxylation is 4.